The largest absolute Gasteiger partial charge is 0.377 e. The van der Waals surface area contributed by atoms with Crippen LogP contribution in [0.5, 0.6) is 0 Å². The van der Waals surface area contributed by atoms with Crippen molar-refractivity contribution < 1.29 is 4.74 Å². The summed E-state index contributed by atoms with van der Waals surface area (Å²) in [5, 5.41) is 0. The van der Waals surface area contributed by atoms with E-state index in [1.807, 2.05) is 7.11 Å². The van der Waals surface area contributed by atoms with Gasteiger partial charge in [-0.25, -0.2) is 0 Å². The summed E-state index contributed by atoms with van der Waals surface area (Å²) in [4.78, 5) is 5.10. The number of ether oxygens (including phenoxy) is 1. The zero-order valence-corrected chi connectivity index (χ0v) is 16.8. The van der Waals surface area contributed by atoms with Crippen LogP contribution in [0.1, 0.15) is 51.5 Å². The number of benzene rings is 1. The van der Waals surface area contributed by atoms with Crippen molar-refractivity contribution in [2.24, 2.45) is 5.41 Å². The summed E-state index contributed by atoms with van der Waals surface area (Å²) in [6.07, 6.45) is 6.57. The maximum Gasteiger partial charge on any atom is 0.0749 e. The lowest BCUT2D eigenvalue weighted by molar-refractivity contribution is -0.00921. The molecule has 1 saturated carbocycles. The minimum atomic E-state index is -0.0440. The van der Waals surface area contributed by atoms with E-state index in [1.165, 1.54) is 50.8 Å². The van der Waals surface area contributed by atoms with Gasteiger partial charge in [-0.05, 0) is 77.6 Å². The van der Waals surface area contributed by atoms with E-state index in [2.05, 4.69) is 68.1 Å². The molecule has 0 atom stereocenters. The normalized spacial score (nSPS) is 31.1. The molecule has 0 unspecified atom stereocenters. The molecule has 1 aliphatic carbocycles. The molecule has 3 heteroatoms. The standard InChI is InChI=1S/C22H36N2O/c1-20(2,25-5)17-24-16-15-21(18-24)11-13-22(14-12-21,23(3)4)19-9-7-6-8-10-19/h6-10H,11-18H2,1-5H3. The molecule has 25 heavy (non-hydrogen) atoms. The monoisotopic (exact) mass is 344 g/mol. The van der Waals surface area contributed by atoms with Crippen molar-refractivity contribution in [2.75, 3.05) is 40.8 Å². The van der Waals surface area contributed by atoms with Gasteiger partial charge in [0, 0.05) is 25.7 Å². The van der Waals surface area contributed by atoms with Crippen LogP contribution in [0.4, 0.5) is 0 Å². The summed E-state index contributed by atoms with van der Waals surface area (Å²) in [6, 6.07) is 11.1. The van der Waals surface area contributed by atoms with Crippen molar-refractivity contribution in [3.05, 3.63) is 35.9 Å². The molecule has 0 radical (unpaired) electrons. The van der Waals surface area contributed by atoms with Gasteiger partial charge in [0.1, 0.15) is 0 Å². The molecule has 1 aromatic carbocycles. The van der Waals surface area contributed by atoms with Crippen LogP contribution in [-0.2, 0) is 10.3 Å². The van der Waals surface area contributed by atoms with Crippen molar-refractivity contribution in [1.82, 2.24) is 9.80 Å². The second-order valence-corrected chi connectivity index (χ2v) is 9.22. The number of rotatable bonds is 5. The first kappa shape index (κ1) is 18.9. The van der Waals surface area contributed by atoms with Gasteiger partial charge in [0.2, 0.25) is 0 Å². The third-order valence-corrected chi connectivity index (χ3v) is 6.98. The Labute approximate surface area is 154 Å². The van der Waals surface area contributed by atoms with E-state index >= 15 is 0 Å². The topological polar surface area (TPSA) is 15.7 Å². The van der Waals surface area contributed by atoms with Crippen LogP contribution in [0.3, 0.4) is 0 Å². The number of nitrogens with zero attached hydrogens (tertiary/aromatic N) is 2. The molecule has 0 amide bonds. The minimum Gasteiger partial charge on any atom is -0.377 e. The highest BCUT2D eigenvalue weighted by Crippen LogP contribution is 2.51. The lowest BCUT2D eigenvalue weighted by Crippen LogP contribution is -2.48. The van der Waals surface area contributed by atoms with Gasteiger partial charge in [0.05, 0.1) is 5.60 Å². The highest BCUT2D eigenvalue weighted by molar-refractivity contribution is 5.26. The third kappa shape index (κ3) is 3.79. The summed E-state index contributed by atoms with van der Waals surface area (Å²) >= 11 is 0. The SMILES string of the molecule is COC(C)(C)CN1CCC2(CCC(c3ccccc3)(N(C)C)CC2)C1. The smallest absolute Gasteiger partial charge is 0.0749 e. The summed E-state index contributed by atoms with van der Waals surface area (Å²) in [5.41, 5.74) is 2.19. The molecule has 3 rings (SSSR count). The predicted octanol–water partition coefficient (Wildman–Crippen LogP) is 4.13. The number of hydrogen-bond acceptors (Lipinski definition) is 3. The average Bonchev–Trinajstić information content (AvgIpc) is 2.98. The second-order valence-electron chi connectivity index (χ2n) is 9.22. The Hall–Kier alpha value is -0.900. The maximum absolute atomic E-state index is 5.65. The Kier molecular flexibility index (Phi) is 5.30. The minimum absolute atomic E-state index is 0.0440. The van der Waals surface area contributed by atoms with E-state index in [0.717, 1.165) is 6.54 Å². The van der Waals surface area contributed by atoms with Crippen molar-refractivity contribution >= 4 is 0 Å². The Bertz CT molecular complexity index is 559. The van der Waals surface area contributed by atoms with Crippen molar-refractivity contribution in [3.8, 4) is 0 Å². The third-order valence-electron chi connectivity index (χ3n) is 6.98. The molecular formula is C22H36N2O. The van der Waals surface area contributed by atoms with Gasteiger partial charge < -0.3 is 4.74 Å². The number of hydrogen-bond donors (Lipinski definition) is 0. The highest BCUT2D eigenvalue weighted by atomic mass is 16.5. The molecule has 1 aliphatic heterocycles. The molecule has 0 aromatic heterocycles. The van der Waals surface area contributed by atoms with Crippen LogP contribution in [-0.4, -0.2) is 56.2 Å². The van der Waals surface area contributed by atoms with Crippen molar-refractivity contribution in [2.45, 2.75) is 57.1 Å². The van der Waals surface area contributed by atoms with Gasteiger partial charge in [0.25, 0.3) is 0 Å². The van der Waals surface area contributed by atoms with E-state index < -0.39 is 0 Å². The van der Waals surface area contributed by atoms with E-state index in [9.17, 15) is 0 Å². The molecule has 1 aromatic rings. The molecule has 0 bridgehead atoms. The molecule has 140 valence electrons. The Morgan fingerprint density at radius 1 is 1.04 bits per heavy atom. The van der Waals surface area contributed by atoms with E-state index in [4.69, 9.17) is 4.74 Å². The first-order valence-electron chi connectivity index (χ1n) is 9.81. The van der Waals surface area contributed by atoms with Gasteiger partial charge in [0.15, 0.2) is 0 Å². The van der Waals surface area contributed by atoms with Gasteiger partial charge in [-0.15, -0.1) is 0 Å². The Morgan fingerprint density at radius 2 is 1.68 bits per heavy atom. The number of likely N-dealkylation sites (tertiary alicyclic amines) is 1. The average molecular weight is 345 g/mol. The van der Waals surface area contributed by atoms with Crippen LogP contribution >= 0.6 is 0 Å². The summed E-state index contributed by atoms with van der Waals surface area (Å²) < 4.78 is 5.65. The lowest BCUT2D eigenvalue weighted by Gasteiger charge is -2.49. The van der Waals surface area contributed by atoms with Crippen LogP contribution in [0, 0.1) is 5.41 Å². The summed E-state index contributed by atoms with van der Waals surface area (Å²) in [7, 11) is 6.35. The molecule has 1 spiro atoms. The van der Waals surface area contributed by atoms with E-state index in [1.54, 1.807) is 0 Å². The molecule has 1 heterocycles. The quantitative estimate of drug-likeness (QED) is 0.798. The van der Waals surface area contributed by atoms with Crippen LogP contribution < -0.4 is 0 Å². The molecule has 2 fully saturated rings. The first-order valence-corrected chi connectivity index (χ1v) is 9.81. The van der Waals surface area contributed by atoms with E-state index in [-0.39, 0.29) is 11.1 Å². The fourth-order valence-corrected chi connectivity index (χ4v) is 5.11. The van der Waals surface area contributed by atoms with Gasteiger partial charge in [-0.3, -0.25) is 9.80 Å². The number of methoxy groups -OCH3 is 1. The summed E-state index contributed by atoms with van der Waals surface area (Å²) in [5.74, 6) is 0. The zero-order chi connectivity index (χ0) is 18.1. The lowest BCUT2D eigenvalue weighted by atomic mass is 9.64. The molecular weight excluding hydrogens is 308 g/mol. The van der Waals surface area contributed by atoms with Crippen molar-refractivity contribution in [3.63, 3.8) is 0 Å². The predicted molar refractivity (Wildman–Crippen MR) is 105 cm³/mol. The zero-order valence-electron chi connectivity index (χ0n) is 16.8. The second kappa shape index (κ2) is 7.02. The highest BCUT2D eigenvalue weighted by Gasteiger charge is 2.47. The van der Waals surface area contributed by atoms with Crippen LogP contribution in [0.15, 0.2) is 30.3 Å². The van der Waals surface area contributed by atoms with Gasteiger partial charge >= 0.3 is 0 Å². The van der Waals surface area contributed by atoms with E-state index in [0.29, 0.717) is 5.41 Å². The Morgan fingerprint density at radius 3 is 2.24 bits per heavy atom. The van der Waals surface area contributed by atoms with Crippen LogP contribution in [0.2, 0.25) is 0 Å². The van der Waals surface area contributed by atoms with Gasteiger partial charge in [-0.2, -0.15) is 0 Å². The first-order chi connectivity index (χ1) is 11.8. The molecule has 2 aliphatic rings. The molecule has 3 nitrogen and oxygen atoms in total. The molecule has 0 N–H and O–H groups in total. The fraction of sp³-hybridized carbons (Fsp3) is 0.727. The fourth-order valence-electron chi connectivity index (χ4n) is 5.11. The maximum atomic E-state index is 5.65. The van der Waals surface area contributed by atoms with Crippen LogP contribution in [0.25, 0.3) is 0 Å². The Balaban J connectivity index is 1.69. The summed E-state index contributed by atoms with van der Waals surface area (Å²) in [6.45, 7) is 7.92. The molecule has 1 saturated heterocycles. The van der Waals surface area contributed by atoms with Crippen molar-refractivity contribution in [1.29, 1.82) is 0 Å². The van der Waals surface area contributed by atoms with Gasteiger partial charge in [-0.1, -0.05) is 30.3 Å².